The molecule has 0 amide bonds. The van der Waals surface area contributed by atoms with E-state index in [2.05, 4.69) is 20.6 Å². The predicted octanol–water partition coefficient (Wildman–Crippen LogP) is 0.611. The third kappa shape index (κ3) is 3.52. The van der Waals surface area contributed by atoms with Crippen molar-refractivity contribution < 1.29 is 10.0 Å². The first kappa shape index (κ1) is 13.1. The Kier molecular flexibility index (Phi) is 5.08. The molecule has 8 nitrogen and oxygen atoms in total. The van der Waals surface area contributed by atoms with Crippen molar-refractivity contribution >= 4 is 17.3 Å². The number of aliphatic hydroxyl groups excluding tert-OH is 1. The van der Waals surface area contributed by atoms with Crippen molar-refractivity contribution in [2.24, 2.45) is 0 Å². The number of hydrogen-bond acceptors (Lipinski definition) is 7. The first-order valence-corrected chi connectivity index (χ1v) is 5.28. The largest absolute Gasteiger partial charge is 0.396 e. The fourth-order valence-corrected chi connectivity index (χ4v) is 1.26. The first-order valence-electron chi connectivity index (χ1n) is 5.28. The number of hydrogen-bond donors (Lipinski definition) is 3. The molecule has 0 bridgehead atoms. The molecule has 0 aliphatic rings. The van der Waals surface area contributed by atoms with Gasteiger partial charge in [-0.3, -0.25) is 10.1 Å². The van der Waals surface area contributed by atoms with Crippen molar-refractivity contribution in [2.75, 3.05) is 30.3 Å². The van der Waals surface area contributed by atoms with E-state index in [-0.39, 0.29) is 23.9 Å². The minimum absolute atomic E-state index is 0.0198. The minimum atomic E-state index is -0.528. The van der Waals surface area contributed by atoms with E-state index in [9.17, 15) is 10.1 Å². The molecule has 1 aromatic heterocycles. The van der Waals surface area contributed by atoms with E-state index in [0.717, 1.165) is 0 Å². The average molecular weight is 241 g/mol. The van der Waals surface area contributed by atoms with Gasteiger partial charge in [-0.15, -0.1) is 0 Å². The lowest BCUT2D eigenvalue weighted by Crippen LogP contribution is -2.11. The highest BCUT2D eigenvalue weighted by Gasteiger charge is 2.21. The number of nitrogens with zero attached hydrogens (tertiary/aromatic N) is 3. The SMILES string of the molecule is CCNc1ncnc(NCCCO)c1[N+](=O)[O-]. The molecule has 17 heavy (non-hydrogen) atoms. The predicted molar refractivity (Wildman–Crippen MR) is 63.0 cm³/mol. The molecule has 8 heteroatoms. The second-order valence-electron chi connectivity index (χ2n) is 3.21. The maximum absolute atomic E-state index is 10.9. The number of aromatic nitrogens is 2. The van der Waals surface area contributed by atoms with Crippen LogP contribution in [-0.4, -0.2) is 39.7 Å². The van der Waals surface area contributed by atoms with E-state index >= 15 is 0 Å². The highest BCUT2D eigenvalue weighted by Crippen LogP contribution is 2.28. The highest BCUT2D eigenvalue weighted by atomic mass is 16.6. The van der Waals surface area contributed by atoms with E-state index in [4.69, 9.17) is 5.11 Å². The molecule has 1 heterocycles. The van der Waals surface area contributed by atoms with E-state index in [0.29, 0.717) is 19.5 Å². The Balaban J connectivity index is 2.94. The summed E-state index contributed by atoms with van der Waals surface area (Å²) in [6, 6.07) is 0. The summed E-state index contributed by atoms with van der Waals surface area (Å²) in [5, 5.41) is 25.2. The molecule has 0 unspecified atom stereocenters. The van der Waals surface area contributed by atoms with Crippen molar-refractivity contribution in [1.29, 1.82) is 0 Å². The van der Waals surface area contributed by atoms with Crippen LogP contribution in [0.3, 0.4) is 0 Å². The fourth-order valence-electron chi connectivity index (χ4n) is 1.26. The van der Waals surface area contributed by atoms with Crippen LogP contribution in [0.5, 0.6) is 0 Å². The van der Waals surface area contributed by atoms with Crippen LogP contribution < -0.4 is 10.6 Å². The zero-order chi connectivity index (χ0) is 12.7. The maximum Gasteiger partial charge on any atom is 0.353 e. The van der Waals surface area contributed by atoms with Gasteiger partial charge in [0.2, 0.25) is 11.6 Å². The molecule has 0 fully saturated rings. The lowest BCUT2D eigenvalue weighted by molar-refractivity contribution is -0.383. The highest BCUT2D eigenvalue weighted by molar-refractivity contribution is 5.69. The Morgan fingerprint density at radius 2 is 2.06 bits per heavy atom. The Morgan fingerprint density at radius 3 is 2.59 bits per heavy atom. The molecule has 1 aromatic rings. The van der Waals surface area contributed by atoms with Crippen molar-refractivity contribution in [1.82, 2.24) is 9.97 Å². The minimum Gasteiger partial charge on any atom is -0.396 e. The van der Waals surface area contributed by atoms with Gasteiger partial charge in [0.05, 0.1) is 4.92 Å². The van der Waals surface area contributed by atoms with Gasteiger partial charge in [-0.25, -0.2) is 9.97 Å². The molecule has 0 radical (unpaired) electrons. The third-order valence-electron chi connectivity index (χ3n) is 1.98. The third-order valence-corrected chi connectivity index (χ3v) is 1.98. The van der Waals surface area contributed by atoms with Crippen molar-refractivity contribution in [3.63, 3.8) is 0 Å². The van der Waals surface area contributed by atoms with Crippen LogP contribution in [0.25, 0.3) is 0 Å². The molecule has 0 saturated carbocycles. The maximum atomic E-state index is 10.9. The number of nitrogens with one attached hydrogen (secondary N) is 2. The van der Waals surface area contributed by atoms with Crippen molar-refractivity contribution in [2.45, 2.75) is 13.3 Å². The van der Waals surface area contributed by atoms with Gasteiger partial charge in [0.15, 0.2) is 0 Å². The summed E-state index contributed by atoms with van der Waals surface area (Å²) >= 11 is 0. The lowest BCUT2D eigenvalue weighted by Gasteiger charge is -2.08. The van der Waals surface area contributed by atoms with Gasteiger partial charge in [-0.1, -0.05) is 0 Å². The van der Waals surface area contributed by atoms with E-state index < -0.39 is 4.92 Å². The van der Waals surface area contributed by atoms with E-state index in [1.807, 2.05) is 6.92 Å². The molecule has 0 aliphatic heterocycles. The zero-order valence-electron chi connectivity index (χ0n) is 9.51. The van der Waals surface area contributed by atoms with Crippen LogP contribution in [0.15, 0.2) is 6.33 Å². The van der Waals surface area contributed by atoms with E-state index in [1.165, 1.54) is 6.33 Å². The normalized spacial score (nSPS) is 10.0. The Labute approximate surface area is 98.2 Å². The Morgan fingerprint density at radius 1 is 1.41 bits per heavy atom. The number of rotatable bonds is 7. The summed E-state index contributed by atoms with van der Waals surface area (Å²) in [4.78, 5) is 18.1. The Hall–Kier alpha value is -1.96. The summed E-state index contributed by atoms with van der Waals surface area (Å²) in [5.41, 5.74) is -0.174. The summed E-state index contributed by atoms with van der Waals surface area (Å²) < 4.78 is 0. The van der Waals surface area contributed by atoms with Gasteiger partial charge in [0, 0.05) is 19.7 Å². The monoisotopic (exact) mass is 241 g/mol. The van der Waals surface area contributed by atoms with Crippen molar-refractivity contribution in [3.8, 4) is 0 Å². The molecule has 0 spiro atoms. The first-order chi connectivity index (χ1) is 8.20. The second kappa shape index (κ2) is 6.59. The van der Waals surface area contributed by atoms with Crippen LogP contribution in [0, 0.1) is 10.1 Å². The summed E-state index contributed by atoms with van der Waals surface area (Å²) in [7, 11) is 0. The molecular formula is C9H15N5O3. The summed E-state index contributed by atoms with van der Waals surface area (Å²) in [5.74, 6) is 0.355. The van der Waals surface area contributed by atoms with Crippen molar-refractivity contribution in [3.05, 3.63) is 16.4 Å². The smallest absolute Gasteiger partial charge is 0.353 e. The summed E-state index contributed by atoms with van der Waals surface area (Å²) in [6.45, 7) is 2.80. The summed E-state index contributed by atoms with van der Waals surface area (Å²) in [6.07, 6.45) is 1.75. The molecule has 3 N–H and O–H groups in total. The lowest BCUT2D eigenvalue weighted by atomic mass is 10.4. The molecule has 0 atom stereocenters. The molecule has 1 rings (SSSR count). The van der Waals surface area contributed by atoms with E-state index in [1.54, 1.807) is 0 Å². The quantitative estimate of drug-likeness (QED) is 0.364. The zero-order valence-corrected chi connectivity index (χ0v) is 9.51. The fraction of sp³-hybridized carbons (Fsp3) is 0.556. The molecule has 0 saturated heterocycles. The van der Waals surface area contributed by atoms with Crippen LogP contribution in [-0.2, 0) is 0 Å². The number of aliphatic hydroxyl groups is 1. The molecule has 94 valence electrons. The van der Waals surface area contributed by atoms with Gasteiger partial charge in [-0.05, 0) is 13.3 Å². The van der Waals surface area contributed by atoms with Crippen LogP contribution in [0.2, 0.25) is 0 Å². The molecular weight excluding hydrogens is 226 g/mol. The standard InChI is InChI=1S/C9H15N5O3/c1-2-10-8-7(14(16)17)9(13-6-12-8)11-4-3-5-15/h6,15H,2-5H2,1H3,(H2,10,11,12,13). The van der Waals surface area contributed by atoms with Gasteiger partial charge >= 0.3 is 5.69 Å². The van der Waals surface area contributed by atoms with Gasteiger partial charge in [0.1, 0.15) is 6.33 Å². The van der Waals surface area contributed by atoms with Gasteiger partial charge in [-0.2, -0.15) is 0 Å². The molecule has 0 aromatic carbocycles. The number of anilines is 2. The molecule has 0 aliphatic carbocycles. The van der Waals surface area contributed by atoms with Crippen LogP contribution in [0.4, 0.5) is 17.3 Å². The van der Waals surface area contributed by atoms with Crippen LogP contribution >= 0.6 is 0 Å². The topological polar surface area (TPSA) is 113 Å². The second-order valence-corrected chi connectivity index (χ2v) is 3.21. The Bertz CT molecular complexity index is 385. The van der Waals surface area contributed by atoms with Crippen LogP contribution in [0.1, 0.15) is 13.3 Å². The number of nitro groups is 1. The van der Waals surface area contributed by atoms with Gasteiger partial charge in [0.25, 0.3) is 0 Å². The average Bonchev–Trinajstić information content (AvgIpc) is 2.29. The van der Waals surface area contributed by atoms with Gasteiger partial charge < -0.3 is 15.7 Å².